The Hall–Kier alpha value is -2.62. The quantitative estimate of drug-likeness (QED) is 0.408. The SMILES string of the molecule is Cc1nc(/C(N)=C(\CNC(=O)OCC2CC(F)(F)C2)N(C)N)ccc1OC1CCCCC1. The number of nitrogens with two attached hydrogens (primary N) is 2. The Morgan fingerprint density at radius 1 is 1.28 bits per heavy atom. The second-order valence-corrected chi connectivity index (χ2v) is 8.71. The molecule has 2 aliphatic carbocycles. The Morgan fingerprint density at radius 3 is 2.56 bits per heavy atom. The highest BCUT2D eigenvalue weighted by molar-refractivity contribution is 5.69. The number of pyridine rings is 1. The normalized spacial score (nSPS) is 19.5. The molecule has 32 heavy (non-hydrogen) atoms. The van der Waals surface area contributed by atoms with Gasteiger partial charge >= 0.3 is 6.09 Å². The molecule has 0 radical (unpaired) electrons. The van der Waals surface area contributed by atoms with Crippen molar-refractivity contribution in [3.8, 4) is 5.75 Å². The minimum atomic E-state index is -2.64. The van der Waals surface area contributed by atoms with Crippen molar-refractivity contribution in [2.45, 2.75) is 63.9 Å². The second kappa shape index (κ2) is 10.3. The van der Waals surface area contributed by atoms with E-state index in [-0.39, 0.29) is 38.0 Å². The predicted octanol–water partition coefficient (Wildman–Crippen LogP) is 3.31. The fraction of sp³-hybridized carbons (Fsp3) is 0.636. The number of carbonyl (C=O) groups is 1. The number of aromatic nitrogens is 1. The van der Waals surface area contributed by atoms with Crippen LogP contribution in [0.25, 0.3) is 5.70 Å². The van der Waals surface area contributed by atoms with Gasteiger partial charge in [-0.2, -0.15) is 0 Å². The summed E-state index contributed by atoms with van der Waals surface area (Å²) in [6, 6.07) is 3.61. The van der Waals surface area contributed by atoms with Gasteiger partial charge in [0.2, 0.25) is 5.92 Å². The minimum absolute atomic E-state index is 0.000450. The molecule has 3 rings (SSSR count). The maximum atomic E-state index is 12.9. The van der Waals surface area contributed by atoms with E-state index >= 15 is 0 Å². The van der Waals surface area contributed by atoms with Crippen molar-refractivity contribution in [1.82, 2.24) is 15.3 Å². The van der Waals surface area contributed by atoms with Crippen molar-refractivity contribution in [2.75, 3.05) is 20.2 Å². The van der Waals surface area contributed by atoms with Crippen molar-refractivity contribution < 1.29 is 23.0 Å². The van der Waals surface area contributed by atoms with E-state index in [9.17, 15) is 13.6 Å². The molecule has 2 saturated carbocycles. The molecule has 0 unspecified atom stereocenters. The first kappa shape index (κ1) is 24.0. The molecule has 1 heterocycles. The van der Waals surface area contributed by atoms with Crippen LogP contribution in [0.5, 0.6) is 5.75 Å². The summed E-state index contributed by atoms with van der Waals surface area (Å²) in [5.74, 6) is 3.69. The average Bonchev–Trinajstić information content (AvgIpc) is 2.72. The van der Waals surface area contributed by atoms with Crippen LogP contribution in [0.2, 0.25) is 0 Å². The molecular formula is C22H33F2N5O3. The summed E-state index contributed by atoms with van der Waals surface area (Å²) < 4.78 is 36.9. The van der Waals surface area contributed by atoms with Gasteiger partial charge in [-0.1, -0.05) is 6.42 Å². The zero-order valence-corrected chi connectivity index (χ0v) is 18.7. The van der Waals surface area contributed by atoms with E-state index in [1.807, 2.05) is 13.0 Å². The number of amides is 1. The lowest BCUT2D eigenvalue weighted by atomic mass is 9.82. The van der Waals surface area contributed by atoms with Gasteiger partial charge in [0.25, 0.3) is 0 Å². The van der Waals surface area contributed by atoms with Crippen LogP contribution in [0.15, 0.2) is 17.8 Å². The van der Waals surface area contributed by atoms with Gasteiger partial charge in [0.1, 0.15) is 5.75 Å². The Labute approximate surface area is 187 Å². The number of hydrogen-bond acceptors (Lipinski definition) is 7. The van der Waals surface area contributed by atoms with Crippen molar-refractivity contribution in [1.29, 1.82) is 0 Å². The summed E-state index contributed by atoms with van der Waals surface area (Å²) in [6.45, 7) is 1.82. The van der Waals surface area contributed by atoms with Crippen molar-refractivity contribution in [2.24, 2.45) is 17.5 Å². The van der Waals surface area contributed by atoms with Crippen LogP contribution in [0, 0.1) is 12.8 Å². The van der Waals surface area contributed by atoms with Gasteiger partial charge in [0, 0.05) is 25.8 Å². The molecule has 5 N–H and O–H groups in total. The van der Waals surface area contributed by atoms with Crippen LogP contribution in [0.4, 0.5) is 13.6 Å². The van der Waals surface area contributed by atoms with Crippen LogP contribution in [0.1, 0.15) is 56.3 Å². The van der Waals surface area contributed by atoms with Crippen molar-refractivity contribution in [3.05, 3.63) is 29.2 Å². The highest BCUT2D eigenvalue weighted by Gasteiger charge is 2.45. The smallest absolute Gasteiger partial charge is 0.407 e. The molecule has 10 heteroatoms. The maximum absolute atomic E-state index is 12.9. The molecule has 0 saturated heterocycles. The number of rotatable bonds is 8. The molecule has 178 valence electrons. The predicted molar refractivity (Wildman–Crippen MR) is 117 cm³/mol. The first-order valence-electron chi connectivity index (χ1n) is 11.0. The van der Waals surface area contributed by atoms with Crippen LogP contribution in [-0.4, -0.2) is 48.3 Å². The topological polar surface area (TPSA) is 116 Å². The van der Waals surface area contributed by atoms with Gasteiger partial charge in [0.05, 0.1) is 42.0 Å². The molecule has 0 atom stereocenters. The molecule has 8 nitrogen and oxygen atoms in total. The van der Waals surface area contributed by atoms with E-state index in [4.69, 9.17) is 21.1 Å². The van der Waals surface area contributed by atoms with Crippen LogP contribution in [0.3, 0.4) is 0 Å². The summed E-state index contributed by atoms with van der Waals surface area (Å²) in [4.78, 5) is 16.5. The third kappa shape index (κ3) is 6.44. The number of ether oxygens (including phenoxy) is 2. The lowest BCUT2D eigenvalue weighted by Gasteiger charge is -2.34. The van der Waals surface area contributed by atoms with E-state index in [1.165, 1.54) is 24.3 Å². The standard InChI is InChI=1S/C22H33F2N5O3/c1-14-19(32-16-6-4-3-5-7-16)9-8-17(28-14)20(25)18(29(2)26)12-27-21(30)31-13-15-10-22(23,24)11-15/h8-9,15-16H,3-7,10-13,25-26H2,1-2H3,(H,27,30)/b20-18-. The van der Waals surface area contributed by atoms with Crippen LogP contribution in [-0.2, 0) is 4.74 Å². The van der Waals surface area contributed by atoms with Crippen LogP contribution < -0.4 is 21.6 Å². The maximum Gasteiger partial charge on any atom is 0.407 e. The molecule has 2 aliphatic rings. The number of hydrogen-bond donors (Lipinski definition) is 3. The highest BCUT2D eigenvalue weighted by atomic mass is 19.3. The zero-order chi connectivity index (χ0) is 23.3. The van der Waals surface area contributed by atoms with Gasteiger partial charge in [-0.05, 0) is 44.7 Å². The summed E-state index contributed by atoms with van der Waals surface area (Å²) in [5.41, 5.74) is 8.27. The molecule has 1 amide bonds. The van der Waals surface area contributed by atoms with Gasteiger partial charge < -0.3 is 25.5 Å². The molecule has 0 spiro atoms. The molecule has 0 aromatic carbocycles. The highest BCUT2D eigenvalue weighted by Crippen LogP contribution is 2.42. The minimum Gasteiger partial charge on any atom is -0.489 e. The third-order valence-corrected chi connectivity index (χ3v) is 5.92. The summed E-state index contributed by atoms with van der Waals surface area (Å²) in [6.07, 6.45) is 4.71. The molecule has 0 aliphatic heterocycles. The van der Waals surface area contributed by atoms with Gasteiger partial charge in [-0.15, -0.1) is 0 Å². The van der Waals surface area contributed by atoms with Gasteiger partial charge in [0.15, 0.2) is 0 Å². The average molecular weight is 454 g/mol. The number of nitrogens with one attached hydrogen (secondary N) is 1. The Morgan fingerprint density at radius 2 is 1.97 bits per heavy atom. The van der Waals surface area contributed by atoms with Gasteiger partial charge in [-0.25, -0.2) is 24.4 Å². The molecule has 1 aromatic rings. The van der Waals surface area contributed by atoms with Crippen LogP contribution >= 0.6 is 0 Å². The Balaban J connectivity index is 1.58. The molecule has 1 aromatic heterocycles. The third-order valence-electron chi connectivity index (χ3n) is 5.92. The number of carbonyl (C=O) groups excluding carboxylic acids is 1. The summed E-state index contributed by atoms with van der Waals surface area (Å²) in [7, 11) is 1.60. The van der Waals surface area contributed by atoms with Crippen molar-refractivity contribution >= 4 is 11.8 Å². The lowest BCUT2D eigenvalue weighted by molar-refractivity contribution is -0.122. The van der Waals surface area contributed by atoms with E-state index in [0.717, 1.165) is 24.3 Å². The number of hydrazine groups is 1. The number of aryl methyl sites for hydroxylation is 1. The van der Waals surface area contributed by atoms with E-state index in [1.54, 1.807) is 13.1 Å². The summed E-state index contributed by atoms with van der Waals surface area (Å²) in [5, 5.41) is 3.86. The first-order valence-corrected chi connectivity index (χ1v) is 11.0. The number of alkyl carbamates (subject to hydrolysis) is 1. The largest absolute Gasteiger partial charge is 0.489 e. The zero-order valence-electron chi connectivity index (χ0n) is 18.7. The molecule has 2 fully saturated rings. The molecular weight excluding hydrogens is 420 g/mol. The van der Waals surface area contributed by atoms with E-state index in [0.29, 0.717) is 17.1 Å². The van der Waals surface area contributed by atoms with E-state index in [2.05, 4.69) is 10.3 Å². The fourth-order valence-electron chi connectivity index (χ4n) is 4.05. The lowest BCUT2D eigenvalue weighted by Crippen LogP contribution is -2.40. The number of halogens is 2. The second-order valence-electron chi connectivity index (χ2n) is 8.71. The first-order chi connectivity index (χ1) is 15.1. The van der Waals surface area contributed by atoms with Crippen molar-refractivity contribution in [3.63, 3.8) is 0 Å². The monoisotopic (exact) mass is 453 g/mol. The molecule has 0 bridgehead atoms. The Kier molecular flexibility index (Phi) is 7.76. The number of alkyl halides is 2. The van der Waals surface area contributed by atoms with E-state index < -0.39 is 12.0 Å². The number of likely N-dealkylation sites (N-methyl/N-ethyl adjacent to an activating group) is 1. The Bertz CT molecular complexity index is 833. The van der Waals surface area contributed by atoms with Gasteiger partial charge in [-0.3, -0.25) is 0 Å². The summed E-state index contributed by atoms with van der Waals surface area (Å²) >= 11 is 0. The number of nitrogens with zero attached hydrogens (tertiary/aromatic N) is 2. The fourth-order valence-corrected chi connectivity index (χ4v) is 4.05.